The third-order valence-electron chi connectivity index (χ3n) is 5.95. The lowest BCUT2D eigenvalue weighted by atomic mass is 10.1. The molecular formula is C28H29N3O5. The van der Waals surface area contributed by atoms with Gasteiger partial charge >= 0.3 is 12.0 Å². The van der Waals surface area contributed by atoms with Gasteiger partial charge in [-0.05, 0) is 72.5 Å². The molecule has 3 aromatic rings. The monoisotopic (exact) mass is 487 g/mol. The van der Waals surface area contributed by atoms with Crippen LogP contribution in [0.25, 0.3) is 0 Å². The number of anilines is 2. The predicted molar refractivity (Wildman–Crippen MR) is 137 cm³/mol. The van der Waals surface area contributed by atoms with E-state index in [1.807, 2.05) is 18.2 Å². The average molecular weight is 488 g/mol. The highest BCUT2D eigenvalue weighted by atomic mass is 16.5. The summed E-state index contributed by atoms with van der Waals surface area (Å²) in [6.07, 6.45) is 0.980. The van der Waals surface area contributed by atoms with Crippen LogP contribution in [-0.4, -0.2) is 38.2 Å². The van der Waals surface area contributed by atoms with E-state index >= 15 is 0 Å². The molecule has 0 bridgehead atoms. The van der Waals surface area contributed by atoms with Gasteiger partial charge in [0.05, 0.1) is 20.1 Å². The van der Waals surface area contributed by atoms with E-state index in [1.165, 1.54) is 0 Å². The lowest BCUT2D eigenvalue weighted by Gasteiger charge is -2.18. The summed E-state index contributed by atoms with van der Waals surface area (Å²) in [5.41, 5.74) is 4.89. The van der Waals surface area contributed by atoms with Crippen LogP contribution in [-0.2, 0) is 28.9 Å². The van der Waals surface area contributed by atoms with E-state index < -0.39 is 0 Å². The Labute approximate surface area is 210 Å². The number of rotatable bonds is 8. The van der Waals surface area contributed by atoms with Crippen molar-refractivity contribution in [3.8, 4) is 5.75 Å². The SMILES string of the molecule is CCOC(=O)Cc1ccc(NC(=O)NCc2ccc3c(c2)N(C(=O)c2ccc(OC)cc2)CC3)cc1. The Morgan fingerprint density at radius 3 is 2.36 bits per heavy atom. The molecule has 3 amide bonds. The van der Waals surface area contributed by atoms with E-state index in [4.69, 9.17) is 9.47 Å². The molecule has 0 saturated carbocycles. The Kier molecular flexibility index (Phi) is 7.85. The summed E-state index contributed by atoms with van der Waals surface area (Å²) in [7, 11) is 1.59. The first kappa shape index (κ1) is 24.8. The third-order valence-corrected chi connectivity index (χ3v) is 5.95. The maximum absolute atomic E-state index is 13.1. The molecule has 1 aliphatic rings. The Balaban J connectivity index is 1.34. The largest absolute Gasteiger partial charge is 0.497 e. The van der Waals surface area contributed by atoms with Crippen LogP contribution in [0.4, 0.5) is 16.2 Å². The van der Waals surface area contributed by atoms with Crippen molar-refractivity contribution in [2.24, 2.45) is 0 Å². The molecule has 0 spiro atoms. The summed E-state index contributed by atoms with van der Waals surface area (Å²) < 4.78 is 10.1. The molecule has 0 saturated heterocycles. The van der Waals surface area contributed by atoms with Gasteiger partial charge in [-0.15, -0.1) is 0 Å². The van der Waals surface area contributed by atoms with Crippen molar-refractivity contribution in [3.63, 3.8) is 0 Å². The second-order valence-electron chi connectivity index (χ2n) is 8.38. The van der Waals surface area contributed by atoms with Crippen molar-refractivity contribution < 1.29 is 23.9 Å². The minimum absolute atomic E-state index is 0.0642. The quantitative estimate of drug-likeness (QED) is 0.461. The molecule has 8 nitrogen and oxygen atoms in total. The van der Waals surface area contributed by atoms with Crippen LogP contribution < -0.4 is 20.3 Å². The third kappa shape index (κ3) is 6.02. The topological polar surface area (TPSA) is 97.0 Å². The van der Waals surface area contributed by atoms with Gasteiger partial charge in [0.15, 0.2) is 0 Å². The number of hydrogen-bond acceptors (Lipinski definition) is 5. The molecule has 0 radical (unpaired) electrons. The fourth-order valence-corrected chi connectivity index (χ4v) is 4.08. The molecule has 186 valence electrons. The molecule has 0 unspecified atom stereocenters. The minimum atomic E-state index is -0.347. The summed E-state index contributed by atoms with van der Waals surface area (Å²) in [4.78, 5) is 38.9. The number of nitrogens with zero attached hydrogens (tertiary/aromatic N) is 1. The van der Waals surface area contributed by atoms with Gasteiger partial charge in [0.2, 0.25) is 0 Å². The van der Waals surface area contributed by atoms with Crippen molar-refractivity contribution in [1.82, 2.24) is 5.32 Å². The number of nitrogens with one attached hydrogen (secondary N) is 2. The first-order valence-electron chi connectivity index (χ1n) is 11.8. The van der Waals surface area contributed by atoms with Crippen LogP contribution in [0.3, 0.4) is 0 Å². The van der Waals surface area contributed by atoms with E-state index in [9.17, 15) is 14.4 Å². The average Bonchev–Trinajstić information content (AvgIpc) is 3.32. The van der Waals surface area contributed by atoms with E-state index in [0.29, 0.717) is 36.7 Å². The maximum atomic E-state index is 13.1. The van der Waals surface area contributed by atoms with Crippen LogP contribution in [0.15, 0.2) is 66.7 Å². The van der Waals surface area contributed by atoms with Gasteiger partial charge in [0, 0.05) is 30.0 Å². The van der Waals surface area contributed by atoms with Crippen molar-refractivity contribution in [3.05, 3.63) is 89.0 Å². The minimum Gasteiger partial charge on any atom is -0.497 e. The maximum Gasteiger partial charge on any atom is 0.319 e. The van der Waals surface area contributed by atoms with Gasteiger partial charge in [-0.25, -0.2) is 4.79 Å². The molecule has 0 fully saturated rings. The zero-order chi connectivity index (χ0) is 25.5. The molecule has 1 heterocycles. The molecule has 8 heteroatoms. The molecule has 1 aliphatic heterocycles. The summed E-state index contributed by atoms with van der Waals surface area (Å²) in [5, 5.41) is 5.64. The molecule has 4 rings (SSSR count). The zero-order valence-corrected chi connectivity index (χ0v) is 20.4. The van der Waals surface area contributed by atoms with E-state index in [1.54, 1.807) is 67.5 Å². The van der Waals surface area contributed by atoms with Crippen LogP contribution in [0, 0.1) is 0 Å². The number of hydrogen-bond donors (Lipinski definition) is 2. The molecule has 3 aromatic carbocycles. The van der Waals surface area contributed by atoms with E-state index in [2.05, 4.69) is 10.6 Å². The Bertz CT molecular complexity index is 1240. The summed E-state index contributed by atoms with van der Waals surface area (Å²) in [6.45, 7) is 3.04. The molecule has 36 heavy (non-hydrogen) atoms. The molecule has 2 N–H and O–H groups in total. The summed E-state index contributed by atoms with van der Waals surface area (Å²) in [5.74, 6) is 0.354. The number of carbonyl (C=O) groups is 3. The molecule has 0 atom stereocenters. The second kappa shape index (κ2) is 11.4. The lowest BCUT2D eigenvalue weighted by Crippen LogP contribution is -2.29. The number of esters is 1. The van der Waals surface area contributed by atoms with Gasteiger partial charge < -0.3 is 25.0 Å². The van der Waals surface area contributed by atoms with Crippen molar-refractivity contribution in [2.75, 3.05) is 30.5 Å². The van der Waals surface area contributed by atoms with Crippen molar-refractivity contribution in [2.45, 2.75) is 26.3 Å². The molecule has 0 aliphatic carbocycles. The van der Waals surface area contributed by atoms with Gasteiger partial charge in [-0.3, -0.25) is 9.59 Å². The van der Waals surface area contributed by atoms with E-state index in [-0.39, 0.29) is 24.3 Å². The van der Waals surface area contributed by atoms with Crippen molar-refractivity contribution in [1.29, 1.82) is 0 Å². The van der Waals surface area contributed by atoms with Crippen molar-refractivity contribution >= 4 is 29.3 Å². The van der Waals surface area contributed by atoms with Crippen LogP contribution in [0.1, 0.15) is 34.0 Å². The molecular weight excluding hydrogens is 458 g/mol. The van der Waals surface area contributed by atoms with Crippen LogP contribution in [0.5, 0.6) is 5.75 Å². The smallest absolute Gasteiger partial charge is 0.319 e. The highest BCUT2D eigenvalue weighted by molar-refractivity contribution is 6.07. The summed E-state index contributed by atoms with van der Waals surface area (Å²) in [6, 6.07) is 19.7. The standard InChI is InChI=1S/C28H29N3O5/c1-3-36-26(32)17-19-5-10-23(11-6-19)30-28(34)29-18-20-4-7-21-14-15-31(25(21)16-20)27(33)22-8-12-24(35-2)13-9-22/h4-13,16H,3,14-15,17-18H2,1-2H3,(H2,29,30,34). The normalized spacial score (nSPS) is 12.0. The van der Waals surface area contributed by atoms with Gasteiger partial charge in [0.1, 0.15) is 5.75 Å². The first-order chi connectivity index (χ1) is 17.5. The highest BCUT2D eigenvalue weighted by Gasteiger charge is 2.26. The Morgan fingerprint density at radius 1 is 0.944 bits per heavy atom. The van der Waals surface area contributed by atoms with Gasteiger partial charge in [0.25, 0.3) is 5.91 Å². The second-order valence-corrected chi connectivity index (χ2v) is 8.38. The first-order valence-corrected chi connectivity index (χ1v) is 11.8. The summed E-state index contributed by atoms with van der Waals surface area (Å²) >= 11 is 0. The predicted octanol–water partition coefficient (Wildman–Crippen LogP) is 4.33. The fraction of sp³-hybridized carbons (Fsp3) is 0.250. The van der Waals surface area contributed by atoms with Gasteiger partial charge in [-0.2, -0.15) is 0 Å². The van der Waals surface area contributed by atoms with Gasteiger partial charge in [-0.1, -0.05) is 24.3 Å². The number of amides is 3. The van der Waals surface area contributed by atoms with Crippen LogP contribution >= 0.6 is 0 Å². The zero-order valence-electron chi connectivity index (χ0n) is 20.4. The molecule has 0 aromatic heterocycles. The Hall–Kier alpha value is -4.33. The number of urea groups is 1. The fourth-order valence-electron chi connectivity index (χ4n) is 4.08. The number of methoxy groups -OCH3 is 1. The number of benzene rings is 3. The van der Waals surface area contributed by atoms with E-state index in [0.717, 1.165) is 28.8 Å². The number of carbonyl (C=O) groups excluding carboxylic acids is 3. The number of ether oxygens (including phenoxy) is 2. The lowest BCUT2D eigenvalue weighted by molar-refractivity contribution is -0.142. The van der Waals surface area contributed by atoms with Crippen LogP contribution in [0.2, 0.25) is 0 Å². The number of fused-ring (bicyclic) bond motifs is 1. The Morgan fingerprint density at radius 2 is 1.67 bits per heavy atom. The highest BCUT2D eigenvalue weighted by Crippen LogP contribution is 2.30.